The van der Waals surface area contributed by atoms with Crippen LogP contribution in [0.15, 0.2) is 30.5 Å². The molecule has 0 aliphatic carbocycles. The summed E-state index contributed by atoms with van der Waals surface area (Å²) in [6.07, 6.45) is 1.77. The molecule has 0 saturated carbocycles. The predicted octanol–water partition coefficient (Wildman–Crippen LogP) is 2.01. The van der Waals surface area contributed by atoms with E-state index in [2.05, 4.69) is 29.0 Å². The molecule has 2 rings (SSSR count). The third-order valence-electron chi connectivity index (χ3n) is 2.76. The second-order valence-electron chi connectivity index (χ2n) is 4.77. The summed E-state index contributed by atoms with van der Waals surface area (Å²) in [5, 5.41) is 15.8. The van der Waals surface area contributed by atoms with Gasteiger partial charge in [-0.25, -0.2) is 0 Å². The molecule has 106 valence electrons. The standard InChI is InChI=1S/C15H14N4O2/c1-10(2)13-5-3-11(9-17-13)7-15(20)21-14-6-4-12(8-16)18-19-14/h3-6,9-10H,7H2,1-2H3. The fourth-order valence-electron chi connectivity index (χ4n) is 1.64. The van der Waals surface area contributed by atoms with Gasteiger partial charge in [-0.15, -0.1) is 10.2 Å². The lowest BCUT2D eigenvalue weighted by molar-refractivity contribution is -0.133. The Bertz CT molecular complexity index is 658. The number of esters is 1. The second kappa shape index (κ2) is 6.57. The lowest BCUT2D eigenvalue weighted by Crippen LogP contribution is -2.13. The number of nitrogens with zero attached hydrogens (tertiary/aromatic N) is 4. The molecular weight excluding hydrogens is 268 g/mol. The Labute approximate surface area is 122 Å². The Morgan fingerprint density at radius 3 is 2.62 bits per heavy atom. The maximum atomic E-state index is 11.8. The van der Waals surface area contributed by atoms with E-state index in [4.69, 9.17) is 10.00 Å². The van der Waals surface area contributed by atoms with Crippen molar-refractivity contribution in [1.29, 1.82) is 5.26 Å². The Morgan fingerprint density at radius 2 is 2.10 bits per heavy atom. The minimum Gasteiger partial charge on any atom is -0.406 e. The van der Waals surface area contributed by atoms with Crippen LogP contribution in [0.2, 0.25) is 0 Å². The maximum absolute atomic E-state index is 11.8. The fourth-order valence-corrected chi connectivity index (χ4v) is 1.64. The Kier molecular flexibility index (Phi) is 4.57. The highest BCUT2D eigenvalue weighted by molar-refractivity contribution is 5.74. The molecule has 0 radical (unpaired) electrons. The van der Waals surface area contributed by atoms with Crippen LogP contribution in [0.25, 0.3) is 0 Å². The zero-order valence-electron chi connectivity index (χ0n) is 11.8. The van der Waals surface area contributed by atoms with Gasteiger partial charge in [-0.1, -0.05) is 19.9 Å². The molecule has 2 aromatic rings. The van der Waals surface area contributed by atoms with Crippen molar-refractivity contribution in [2.24, 2.45) is 0 Å². The van der Waals surface area contributed by atoms with Gasteiger partial charge in [-0.3, -0.25) is 9.78 Å². The molecule has 0 atom stereocenters. The number of carbonyl (C=O) groups is 1. The van der Waals surface area contributed by atoms with Crippen LogP contribution in [0.1, 0.15) is 36.7 Å². The largest absolute Gasteiger partial charge is 0.406 e. The molecule has 2 heterocycles. The average molecular weight is 282 g/mol. The van der Waals surface area contributed by atoms with Crippen molar-refractivity contribution < 1.29 is 9.53 Å². The smallest absolute Gasteiger partial charge is 0.317 e. The van der Waals surface area contributed by atoms with Gasteiger partial charge in [0.2, 0.25) is 5.88 Å². The minimum atomic E-state index is -0.451. The third kappa shape index (κ3) is 4.08. The van der Waals surface area contributed by atoms with E-state index >= 15 is 0 Å². The van der Waals surface area contributed by atoms with Crippen molar-refractivity contribution >= 4 is 5.97 Å². The molecule has 0 N–H and O–H groups in total. The van der Waals surface area contributed by atoms with Crippen LogP contribution in [0.3, 0.4) is 0 Å². The number of hydrogen-bond donors (Lipinski definition) is 0. The maximum Gasteiger partial charge on any atom is 0.317 e. The van der Waals surface area contributed by atoms with Crippen molar-refractivity contribution in [2.75, 3.05) is 0 Å². The quantitative estimate of drug-likeness (QED) is 0.797. The molecule has 0 spiro atoms. The van der Waals surface area contributed by atoms with Gasteiger partial charge >= 0.3 is 5.97 Å². The Hall–Kier alpha value is -2.81. The summed E-state index contributed by atoms with van der Waals surface area (Å²) >= 11 is 0. The van der Waals surface area contributed by atoms with Crippen LogP contribution in [0, 0.1) is 11.3 Å². The van der Waals surface area contributed by atoms with E-state index in [-0.39, 0.29) is 18.0 Å². The van der Waals surface area contributed by atoms with Crippen LogP contribution in [-0.2, 0) is 11.2 Å². The summed E-state index contributed by atoms with van der Waals surface area (Å²) in [4.78, 5) is 16.1. The first-order chi connectivity index (χ1) is 10.1. The lowest BCUT2D eigenvalue weighted by atomic mass is 10.1. The molecule has 0 unspecified atom stereocenters. The SMILES string of the molecule is CC(C)c1ccc(CC(=O)Oc2ccc(C#N)nn2)cn1. The van der Waals surface area contributed by atoms with Gasteiger partial charge < -0.3 is 4.74 Å². The van der Waals surface area contributed by atoms with Crippen molar-refractivity contribution in [1.82, 2.24) is 15.2 Å². The third-order valence-corrected chi connectivity index (χ3v) is 2.76. The van der Waals surface area contributed by atoms with Crippen LogP contribution < -0.4 is 4.74 Å². The number of hydrogen-bond acceptors (Lipinski definition) is 6. The van der Waals surface area contributed by atoms with E-state index in [0.717, 1.165) is 11.3 Å². The second-order valence-corrected chi connectivity index (χ2v) is 4.77. The molecule has 0 amide bonds. The summed E-state index contributed by atoms with van der Waals surface area (Å²) in [6, 6.07) is 8.47. The van der Waals surface area contributed by atoms with Crippen molar-refractivity contribution in [2.45, 2.75) is 26.2 Å². The summed E-state index contributed by atoms with van der Waals surface area (Å²) in [5.74, 6) is -0.0289. The van der Waals surface area contributed by atoms with E-state index in [9.17, 15) is 4.79 Å². The van der Waals surface area contributed by atoms with E-state index in [1.807, 2.05) is 18.2 Å². The number of carbonyl (C=O) groups excluding carboxylic acids is 1. The first kappa shape index (κ1) is 14.6. The molecule has 0 saturated heterocycles. The van der Waals surface area contributed by atoms with Crippen LogP contribution >= 0.6 is 0 Å². The first-order valence-electron chi connectivity index (χ1n) is 6.48. The predicted molar refractivity (Wildman–Crippen MR) is 74.4 cm³/mol. The zero-order chi connectivity index (χ0) is 15.2. The molecule has 0 aromatic carbocycles. The topological polar surface area (TPSA) is 88.8 Å². The van der Waals surface area contributed by atoms with Gasteiger partial charge in [-0.05, 0) is 23.6 Å². The average Bonchev–Trinajstić information content (AvgIpc) is 2.48. The molecular formula is C15H14N4O2. The van der Waals surface area contributed by atoms with E-state index in [1.165, 1.54) is 12.1 Å². The molecule has 6 heteroatoms. The highest BCUT2D eigenvalue weighted by Gasteiger charge is 2.09. The zero-order valence-corrected chi connectivity index (χ0v) is 11.8. The molecule has 21 heavy (non-hydrogen) atoms. The van der Waals surface area contributed by atoms with Crippen LogP contribution in [0.5, 0.6) is 5.88 Å². The normalized spacial score (nSPS) is 10.2. The first-order valence-corrected chi connectivity index (χ1v) is 6.48. The molecule has 0 aliphatic rings. The summed E-state index contributed by atoms with van der Waals surface area (Å²) in [5.41, 5.74) is 1.92. The lowest BCUT2D eigenvalue weighted by Gasteiger charge is -2.06. The van der Waals surface area contributed by atoms with Gasteiger partial charge in [0, 0.05) is 18.0 Å². The van der Waals surface area contributed by atoms with Crippen LogP contribution in [-0.4, -0.2) is 21.2 Å². The van der Waals surface area contributed by atoms with Crippen molar-refractivity contribution in [3.8, 4) is 11.9 Å². The summed E-state index contributed by atoms with van der Waals surface area (Å²) in [7, 11) is 0. The monoisotopic (exact) mass is 282 g/mol. The minimum absolute atomic E-state index is 0.0748. The molecule has 0 bridgehead atoms. The van der Waals surface area contributed by atoms with Crippen molar-refractivity contribution in [3.63, 3.8) is 0 Å². The van der Waals surface area contributed by atoms with Gasteiger partial charge in [0.25, 0.3) is 0 Å². The molecule has 6 nitrogen and oxygen atoms in total. The van der Waals surface area contributed by atoms with Gasteiger partial charge in [0.15, 0.2) is 5.69 Å². The van der Waals surface area contributed by atoms with Gasteiger partial charge in [0.1, 0.15) is 6.07 Å². The molecule has 0 aliphatic heterocycles. The Balaban J connectivity index is 1.96. The fraction of sp³-hybridized carbons (Fsp3) is 0.267. The Morgan fingerprint density at radius 1 is 1.29 bits per heavy atom. The highest BCUT2D eigenvalue weighted by atomic mass is 16.5. The van der Waals surface area contributed by atoms with E-state index in [1.54, 1.807) is 6.20 Å². The highest BCUT2D eigenvalue weighted by Crippen LogP contribution is 2.12. The van der Waals surface area contributed by atoms with Gasteiger partial charge in [-0.2, -0.15) is 5.26 Å². The molecule has 2 aromatic heterocycles. The van der Waals surface area contributed by atoms with Crippen molar-refractivity contribution in [3.05, 3.63) is 47.4 Å². The summed E-state index contributed by atoms with van der Waals surface area (Å²) in [6.45, 7) is 4.11. The number of aromatic nitrogens is 3. The van der Waals surface area contributed by atoms with Gasteiger partial charge in [0.05, 0.1) is 6.42 Å². The summed E-state index contributed by atoms with van der Waals surface area (Å²) < 4.78 is 5.05. The number of ether oxygens (including phenoxy) is 1. The number of nitriles is 1. The number of rotatable bonds is 4. The van der Waals surface area contributed by atoms with Crippen LogP contribution in [0.4, 0.5) is 0 Å². The van der Waals surface area contributed by atoms with E-state index < -0.39 is 5.97 Å². The molecule has 0 fully saturated rings. The number of pyridine rings is 1. The van der Waals surface area contributed by atoms with E-state index in [0.29, 0.717) is 5.92 Å².